The van der Waals surface area contributed by atoms with E-state index in [1.165, 1.54) is 24.8 Å². The molecular weight excluding hydrogens is 467 g/mol. The average molecular weight is 492 g/mol. The Hall–Kier alpha value is -3.19. The van der Waals surface area contributed by atoms with Crippen LogP contribution in [0.1, 0.15) is 47.8 Å². The van der Waals surface area contributed by atoms with Crippen LogP contribution in [0.3, 0.4) is 0 Å². The highest BCUT2D eigenvalue weighted by atomic mass is 35.5. The number of anilines is 1. The molecule has 180 valence electrons. The fourth-order valence-corrected chi connectivity index (χ4v) is 3.49. The molecule has 1 amide bonds. The summed E-state index contributed by atoms with van der Waals surface area (Å²) in [6.45, 7) is 6.51. The second-order valence-electron chi connectivity index (χ2n) is 8.74. The van der Waals surface area contributed by atoms with Crippen LogP contribution in [0.4, 0.5) is 18.9 Å². The monoisotopic (exact) mass is 491 g/mol. The van der Waals surface area contributed by atoms with E-state index in [-0.39, 0.29) is 23.3 Å². The number of alkyl halides is 3. The third-order valence-corrected chi connectivity index (χ3v) is 5.52. The Balaban J connectivity index is 1.76. The number of hydrogen-bond acceptors (Lipinski definition) is 3. The van der Waals surface area contributed by atoms with Crippen molar-refractivity contribution < 1.29 is 27.4 Å². The zero-order chi connectivity index (χ0) is 25.1. The standard InChI is InChI=1S/C26H25ClF3NO3/c1-25(2,3)18-6-9-20(10-7-18)34-15-17-13-16(5-12-23(17)33-4)24(32)31-19-8-11-22(27)21(14-19)26(28,29)30/h5-14H,15H2,1-4H3,(H,31,32). The molecule has 1 N–H and O–H groups in total. The third kappa shape index (κ3) is 6.23. The Bertz CT molecular complexity index is 1170. The highest BCUT2D eigenvalue weighted by molar-refractivity contribution is 6.31. The van der Waals surface area contributed by atoms with E-state index in [2.05, 4.69) is 26.1 Å². The van der Waals surface area contributed by atoms with Gasteiger partial charge in [0, 0.05) is 16.8 Å². The van der Waals surface area contributed by atoms with Gasteiger partial charge in [-0.25, -0.2) is 0 Å². The van der Waals surface area contributed by atoms with Crippen LogP contribution in [0.2, 0.25) is 5.02 Å². The van der Waals surface area contributed by atoms with E-state index >= 15 is 0 Å². The van der Waals surface area contributed by atoms with E-state index in [4.69, 9.17) is 21.1 Å². The number of nitrogens with one attached hydrogen (secondary N) is 1. The summed E-state index contributed by atoms with van der Waals surface area (Å²) in [5.74, 6) is 0.605. The summed E-state index contributed by atoms with van der Waals surface area (Å²) < 4.78 is 50.6. The number of ether oxygens (including phenoxy) is 2. The van der Waals surface area contributed by atoms with Crippen LogP contribution in [0.25, 0.3) is 0 Å². The second-order valence-corrected chi connectivity index (χ2v) is 9.14. The maximum Gasteiger partial charge on any atom is 0.417 e. The minimum Gasteiger partial charge on any atom is -0.496 e. The van der Waals surface area contributed by atoms with Crippen molar-refractivity contribution in [2.24, 2.45) is 0 Å². The Labute approximate surface area is 201 Å². The van der Waals surface area contributed by atoms with Gasteiger partial charge >= 0.3 is 6.18 Å². The van der Waals surface area contributed by atoms with E-state index in [0.717, 1.165) is 12.1 Å². The molecule has 0 fully saturated rings. The average Bonchev–Trinajstić information content (AvgIpc) is 2.77. The molecule has 0 aliphatic rings. The first-order valence-electron chi connectivity index (χ1n) is 10.5. The number of methoxy groups -OCH3 is 1. The number of rotatable bonds is 6. The largest absolute Gasteiger partial charge is 0.496 e. The number of carbonyl (C=O) groups excluding carboxylic acids is 1. The summed E-state index contributed by atoms with van der Waals surface area (Å²) in [5.41, 5.74) is 1.01. The first-order valence-corrected chi connectivity index (χ1v) is 10.8. The Morgan fingerprint density at radius 1 is 0.971 bits per heavy atom. The van der Waals surface area contributed by atoms with Crippen LogP contribution in [-0.2, 0) is 18.2 Å². The van der Waals surface area contributed by atoms with Crippen LogP contribution in [-0.4, -0.2) is 13.0 Å². The molecule has 0 saturated heterocycles. The minimum absolute atomic E-state index is 0.0192. The van der Waals surface area contributed by atoms with Crippen LogP contribution in [0, 0.1) is 0 Å². The van der Waals surface area contributed by atoms with Gasteiger partial charge in [-0.2, -0.15) is 13.2 Å². The molecule has 4 nitrogen and oxygen atoms in total. The van der Waals surface area contributed by atoms with Crippen molar-refractivity contribution in [3.63, 3.8) is 0 Å². The van der Waals surface area contributed by atoms with Crippen molar-refractivity contribution in [3.8, 4) is 11.5 Å². The number of benzene rings is 3. The molecule has 3 aromatic carbocycles. The van der Waals surface area contributed by atoms with Gasteiger partial charge in [0.2, 0.25) is 0 Å². The highest BCUT2D eigenvalue weighted by Crippen LogP contribution is 2.36. The van der Waals surface area contributed by atoms with Gasteiger partial charge in [0.15, 0.2) is 0 Å². The van der Waals surface area contributed by atoms with Gasteiger partial charge in [0.25, 0.3) is 5.91 Å². The normalized spacial score (nSPS) is 11.8. The minimum atomic E-state index is -4.63. The molecule has 0 atom stereocenters. The van der Waals surface area contributed by atoms with Gasteiger partial charge in [-0.05, 0) is 59.5 Å². The maximum atomic E-state index is 13.1. The number of carbonyl (C=O) groups is 1. The highest BCUT2D eigenvalue weighted by Gasteiger charge is 2.33. The van der Waals surface area contributed by atoms with Crippen molar-refractivity contribution in [2.45, 2.75) is 39.0 Å². The van der Waals surface area contributed by atoms with Gasteiger partial charge in [-0.15, -0.1) is 0 Å². The maximum absolute atomic E-state index is 13.1. The van der Waals surface area contributed by atoms with E-state index in [9.17, 15) is 18.0 Å². The van der Waals surface area contributed by atoms with Gasteiger partial charge < -0.3 is 14.8 Å². The topological polar surface area (TPSA) is 47.6 Å². The van der Waals surface area contributed by atoms with Crippen molar-refractivity contribution in [3.05, 3.63) is 87.9 Å². The fourth-order valence-electron chi connectivity index (χ4n) is 3.27. The lowest BCUT2D eigenvalue weighted by molar-refractivity contribution is -0.137. The van der Waals surface area contributed by atoms with Crippen molar-refractivity contribution in [2.75, 3.05) is 12.4 Å². The molecule has 0 aliphatic carbocycles. The lowest BCUT2D eigenvalue weighted by Crippen LogP contribution is -2.14. The molecule has 3 aromatic rings. The summed E-state index contributed by atoms with van der Waals surface area (Å²) in [6, 6.07) is 15.7. The van der Waals surface area contributed by atoms with Crippen LogP contribution in [0.15, 0.2) is 60.7 Å². The first kappa shape index (κ1) is 25.4. The van der Waals surface area contributed by atoms with Crippen molar-refractivity contribution in [1.29, 1.82) is 0 Å². The Morgan fingerprint density at radius 2 is 1.65 bits per heavy atom. The molecule has 0 aliphatic heterocycles. The van der Waals surface area contributed by atoms with Gasteiger partial charge in [-0.1, -0.05) is 44.5 Å². The molecule has 3 rings (SSSR count). The van der Waals surface area contributed by atoms with E-state index in [0.29, 0.717) is 17.1 Å². The van der Waals surface area contributed by atoms with Gasteiger partial charge in [0.05, 0.1) is 17.7 Å². The van der Waals surface area contributed by atoms with Gasteiger partial charge in [0.1, 0.15) is 18.1 Å². The molecule has 0 unspecified atom stereocenters. The SMILES string of the molecule is COc1ccc(C(=O)Nc2ccc(Cl)c(C(F)(F)F)c2)cc1COc1ccc(C(C)(C)C)cc1. The zero-order valence-electron chi connectivity index (χ0n) is 19.2. The lowest BCUT2D eigenvalue weighted by atomic mass is 9.87. The first-order chi connectivity index (χ1) is 15.9. The predicted octanol–water partition coefficient (Wildman–Crippen LogP) is 7.50. The molecule has 0 saturated carbocycles. The fraction of sp³-hybridized carbons (Fsp3) is 0.269. The molecule has 0 bridgehead atoms. The third-order valence-electron chi connectivity index (χ3n) is 5.19. The molecule has 0 heterocycles. The molecule has 0 aromatic heterocycles. The van der Waals surface area contributed by atoms with Crippen LogP contribution in [0.5, 0.6) is 11.5 Å². The quantitative estimate of drug-likeness (QED) is 0.388. The van der Waals surface area contributed by atoms with E-state index in [1.807, 2.05) is 24.3 Å². The molecule has 0 spiro atoms. The molecular formula is C26H25ClF3NO3. The van der Waals surface area contributed by atoms with Crippen molar-refractivity contribution >= 4 is 23.2 Å². The predicted molar refractivity (Wildman–Crippen MR) is 127 cm³/mol. The van der Waals surface area contributed by atoms with Crippen LogP contribution < -0.4 is 14.8 Å². The second kappa shape index (κ2) is 9.97. The Kier molecular flexibility index (Phi) is 7.46. The molecule has 8 heteroatoms. The number of hydrogen-bond donors (Lipinski definition) is 1. The van der Waals surface area contributed by atoms with Gasteiger partial charge in [-0.3, -0.25) is 4.79 Å². The Morgan fingerprint density at radius 3 is 2.24 bits per heavy atom. The van der Waals surface area contributed by atoms with E-state index in [1.54, 1.807) is 12.1 Å². The zero-order valence-corrected chi connectivity index (χ0v) is 20.0. The van der Waals surface area contributed by atoms with Crippen molar-refractivity contribution in [1.82, 2.24) is 0 Å². The molecule has 0 radical (unpaired) electrons. The summed E-state index contributed by atoms with van der Waals surface area (Å²) in [7, 11) is 1.50. The summed E-state index contributed by atoms with van der Waals surface area (Å²) in [5, 5.41) is 2.04. The number of amides is 1. The smallest absolute Gasteiger partial charge is 0.417 e. The number of halogens is 4. The summed E-state index contributed by atoms with van der Waals surface area (Å²) >= 11 is 5.64. The lowest BCUT2D eigenvalue weighted by Gasteiger charge is -2.19. The van der Waals surface area contributed by atoms with E-state index < -0.39 is 22.7 Å². The summed E-state index contributed by atoms with van der Waals surface area (Å²) in [6.07, 6.45) is -4.63. The van der Waals surface area contributed by atoms with Crippen LogP contribution >= 0.6 is 11.6 Å². The summed E-state index contributed by atoms with van der Waals surface area (Å²) in [4.78, 5) is 12.7. The molecule has 34 heavy (non-hydrogen) atoms.